The van der Waals surface area contributed by atoms with Gasteiger partial charge in [0.2, 0.25) is 6.79 Å². The fraction of sp³-hybridized carbons (Fsp3) is 0.0417. The van der Waals surface area contributed by atoms with Gasteiger partial charge in [0.1, 0.15) is 16.8 Å². The lowest BCUT2D eigenvalue weighted by molar-refractivity contribution is 0.174. The maximum absolute atomic E-state index is 9.79. The molecule has 0 spiro atoms. The van der Waals surface area contributed by atoms with Gasteiger partial charge in [0, 0.05) is 23.5 Å². The van der Waals surface area contributed by atoms with Gasteiger partial charge in [-0.15, -0.1) is 0 Å². The van der Waals surface area contributed by atoms with Gasteiger partial charge in [0.25, 0.3) is 0 Å². The average molecular weight is 449 g/mol. The van der Waals surface area contributed by atoms with Crippen LogP contribution >= 0.6 is 0 Å². The van der Waals surface area contributed by atoms with Crippen LogP contribution in [-0.2, 0) is 0 Å². The summed E-state index contributed by atoms with van der Waals surface area (Å²) >= 11 is 0. The molecule has 164 valence electrons. The van der Waals surface area contributed by atoms with E-state index in [2.05, 4.69) is 25.1 Å². The maximum Gasteiger partial charge on any atom is 0.231 e. The van der Waals surface area contributed by atoms with Gasteiger partial charge < -0.3 is 19.6 Å². The summed E-state index contributed by atoms with van der Waals surface area (Å²) in [7, 11) is 0. The number of fused-ring (bicyclic) bond motifs is 3. The van der Waals surface area contributed by atoms with Crippen LogP contribution in [-0.4, -0.2) is 47.0 Å². The minimum atomic E-state index is 0.0765. The summed E-state index contributed by atoms with van der Waals surface area (Å²) in [5, 5.41) is 17.3. The predicted molar refractivity (Wildman–Crippen MR) is 123 cm³/mol. The van der Waals surface area contributed by atoms with Crippen molar-refractivity contribution in [1.82, 2.24) is 35.1 Å². The second-order valence-electron chi connectivity index (χ2n) is 7.81. The zero-order valence-corrected chi connectivity index (χ0v) is 17.5. The molecule has 0 radical (unpaired) electrons. The molecule has 0 atom stereocenters. The zero-order valence-electron chi connectivity index (χ0n) is 17.5. The Morgan fingerprint density at radius 1 is 0.824 bits per heavy atom. The first-order valence-electron chi connectivity index (χ1n) is 10.5. The second-order valence-corrected chi connectivity index (χ2v) is 7.81. The van der Waals surface area contributed by atoms with E-state index in [4.69, 9.17) is 19.4 Å². The van der Waals surface area contributed by atoms with Crippen molar-refractivity contribution in [1.29, 1.82) is 0 Å². The highest BCUT2D eigenvalue weighted by molar-refractivity contribution is 5.95. The quantitative estimate of drug-likeness (QED) is 0.368. The number of aromatic hydroxyl groups is 1. The van der Waals surface area contributed by atoms with E-state index in [-0.39, 0.29) is 12.5 Å². The number of nitrogens with zero attached hydrogens (tertiary/aromatic N) is 5. The summed E-state index contributed by atoms with van der Waals surface area (Å²) in [6, 6.07) is 12.9. The summed E-state index contributed by atoms with van der Waals surface area (Å²) in [5.74, 6) is 2.04. The minimum absolute atomic E-state index is 0.0765. The van der Waals surface area contributed by atoms with Crippen LogP contribution in [0.15, 0.2) is 61.1 Å². The summed E-state index contributed by atoms with van der Waals surface area (Å²) in [6.45, 7) is 0.211. The second kappa shape index (κ2) is 7.01. The molecule has 10 heteroatoms. The Morgan fingerprint density at radius 3 is 2.68 bits per heavy atom. The van der Waals surface area contributed by atoms with Crippen LogP contribution in [0.1, 0.15) is 0 Å². The van der Waals surface area contributed by atoms with Crippen LogP contribution in [0.5, 0.6) is 17.2 Å². The lowest BCUT2D eigenvalue weighted by Gasteiger charge is -2.03. The molecular formula is C24H15N7O3. The third-order valence-electron chi connectivity index (χ3n) is 5.70. The number of aromatic amines is 2. The topological polar surface area (TPSA) is 135 Å². The normalized spacial score (nSPS) is 12.6. The molecule has 0 aliphatic carbocycles. The number of aromatic nitrogens is 7. The van der Waals surface area contributed by atoms with E-state index in [9.17, 15) is 5.11 Å². The number of nitrogens with one attached hydrogen (secondary N) is 2. The molecular weight excluding hydrogens is 434 g/mol. The molecule has 0 saturated heterocycles. The van der Waals surface area contributed by atoms with Crippen molar-refractivity contribution >= 4 is 22.1 Å². The van der Waals surface area contributed by atoms with Gasteiger partial charge >= 0.3 is 0 Å². The van der Waals surface area contributed by atoms with Crippen LogP contribution in [0.2, 0.25) is 0 Å². The van der Waals surface area contributed by atoms with E-state index in [1.807, 2.05) is 36.4 Å². The average Bonchev–Trinajstić information content (AvgIpc) is 3.60. The Morgan fingerprint density at radius 2 is 1.74 bits per heavy atom. The Labute approximate surface area is 191 Å². The highest BCUT2D eigenvalue weighted by Gasteiger charge is 2.19. The van der Waals surface area contributed by atoms with Crippen LogP contribution in [0, 0.1) is 0 Å². The minimum Gasteiger partial charge on any atom is -0.506 e. The van der Waals surface area contributed by atoms with Crippen LogP contribution in [0.25, 0.3) is 56.1 Å². The monoisotopic (exact) mass is 449 g/mol. The van der Waals surface area contributed by atoms with Gasteiger partial charge in [-0.1, -0.05) is 0 Å². The first kappa shape index (κ1) is 18.6. The molecule has 6 aromatic rings. The number of hydrogen-bond donors (Lipinski definition) is 3. The fourth-order valence-electron chi connectivity index (χ4n) is 4.10. The Balaban J connectivity index is 1.36. The third-order valence-corrected chi connectivity index (χ3v) is 5.70. The molecule has 6 heterocycles. The molecule has 1 aromatic carbocycles. The molecule has 10 nitrogen and oxygen atoms in total. The van der Waals surface area contributed by atoms with Crippen molar-refractivity contribution in [3.63, 3.8) is 0 Å². The molecule has 34 heavy (non-hydrogen) atoms. The van der Waals surface area contributed by atoms with Crippen LogP contribution in [0.4, 0.5) is 0 Å². The zero-order chi connectivity index (χ0) is 22.6. The van der Waals surface area contributed by atoms with E-state index < -0.39 is 0 Å². The summed E-state index contributed by atoms with van der Waals surface area (Å²) in [4.78, 5) is 21.5. The van der Waals surface area contributed by atoms with E-state index >= 15 is 0 Å². The Hall–Kier alpha value is -4.99. The van der Waals surface area contributed by atoms with Crippen molar-refractivity contribution in [3.8, 4) is 51.3 Å². The number of ether oxygens (including phenoxy) is 2. The lowest BCUT2D eigenvalue weighted by Crippen LogP contribution is -1.92. The molecule has 0 fully saturated rings. The highest BCUT2D eigenvalue weighted by atomic mass is 16.7. The first-order valence-corrected chi connectivity index (χ1v) is 10.5. The summed E-state index contributed by atoms with van der Waals surface area (Å²) < 4.78 is 10.9. The van der Waals surface area contributed by atoms with Crippen LogP contribution in [0.3, 0.4) is 0 Å². The number of rotatable bonds is 3. The Kier molecular flexibility index (Phi) is 3.83. The van der Waals surface area contributed by atoms with E-state index in [1.165, 1.54) is 6.20 Å². The SMILES string of the molecule is Oc1cncc(-c2ccc3[nH]nc(-c4nc5c(-c6ccc7c(c6)OCO7)nccc5[nH]4)c3n2)c1. The van der Waals surface area contributed by atoms with Crippen molar-refractivity contribution in [2.45, 2.75) is 0 Å². The first-order chi connectivity index (χ1) is 16.7. The van der Waals surface area contributed by atoms with Crippen LogP contribution < -0.4 is 9.47 Å². The van der Waals surface area contributed by atoms with Gasteiger partial charge in [-0.25, -0.2) is 9.97 Å². The molecule has 0 bridgehead atoms. The smallest absolute Gasteiger partial charge is 0.231 e. The summed E-state index contributed by atoms with van der Waals surface area (Å²) in [6.07, 6.45) is 4.77. The number of pyridine rings is 3. The van der Waals surface area contributed by atoms with Crippen molar-refractivity contribution < 1.29 is 14.6 Å². The summed E-state index contributed by atoms with van der Waals surface area (Å²) in [5.41, 5.74) is 6.49. The molecule has 7 rings (SSSR count). The predicted octanol–water partition coefficient (Wildman–Crippen LogP) is 4.06. The lowest BCUT2D eigenvalue weighted by atomic mass is 10.1. The maximum atomic E-state index is 9.79. The highest BCUT2D eigenvalue weighted by Crippen LogP contribution is 2.37. The standard InChI is InChI=1S/C24H15N7O3/c32-14-7-13(9-25-10-14)15-2-3-17-22(27-15)23(31-30-17)24-28-16-5-6-26-20(21(16)29-24)12-1-4-18-19(8-12)34-11-33-18/h1-10,32H,11H2,(H,28,29)(H,30,31). The van der Waals surface area contributed by atoms with Gasteiger partial charge in [0.05, 0.1) is 28.6 Å². The molecule has 3 N–H and O–H groups in total. The largest absolute Gasteiger partial charge is 0.506 e. The number of hydrogen-bond acceptors (Lipinski definition) is 8. The van der Waals surface area contributed by atoms with Gasteiger partial charge in [0.15, 0.2) is 23.0 Å². The van der Waals surface area contributed by atoms with E-state index in [0.29, 0.717) is 45.3 Å². The molecule has 0 unspecified atom stereocenters. The third kappa shape index (κ3) is 2.85. The molecule has 5 aromatic heterocycles. The molecule has 1 aliphatic heterocycles. The molecule has 0 saturated carbocycles. The van der Waals surface area contributed by atoms with Gasteiger partial charge in [-0.3, -0.25) is 15.1 Å². The fourth-order valence-corrected chi connectivity index (χ4v) is 4.10. The van der Waals surface area contributed by atoms with E-state index in [1.54, 1.807) is 18.5 Å². The van der Waals surface area contributed by atoms with Gasteiger partial charge in [-0.05, 0) is 42.5 Å². The van der Waals surface area contributed by atoms with Gasteiger partial charge in [-0.2, -0.15) is 5.10 Å². The van der Waals surface area contributed by atoms with Crippen molar-refractivity contribution in [3.05, 3.63) is 61.1 Å². The Bertz CT molecular complexity index is 1720. The number of imidazole rings is 1. The number of benzene rings is 1. The van der Waals surface area contributed by atoms with E-state index in [0.717, 1.165) is 22.3 Å². The molecule has 1 aliphatic rings. The van der Waals surface area contributed by atoms with Crippen molar-refractivity contribution in [2.75, 3.05) is 6.79 Å². The van der Waals surface area contributed by atoms with Crippen molar-refractivity contribution in [2.24, 2.45) is 0 Å². The number of H-pyrrole nitrogens is 2. The molecule has 0 amide bonds.